The van der Waals surface area contributed by atoms with Gasteiger partial charge in [-0.1, -0.05) is 6.07 Å². The van der Waals surface area contributed by atoms with Crippen LogP contribution < -0.4 is 26.8 Å². The van der Waals surface area contributed by atoms with Gasteiger partial charge in [0.15, 0.2) is 11.6 Å². The molecule has 7 N–H and O–H groups in total. The summed E-state index contributed by atoms with van der Waals surface area (Å²) >= 11 is 0. The summed E-state index contributed by atoms with van der Waals surface area (Å²) in [6, 6.07) is 7.46. The first-order chi connectivity index (χ1) is 14.9. The largest absolute Gasteiger partial charge is 0.482 e. The molecule has 8 nitrogen and oxygen atoms in total. The number of fused-ring (bicyclic) bond motifs is 3. The molecular weight excluding hydrogens is 397 g/mol. The van der Waals surface area contributed by atoms with E-state index in [0.29, 0.717) is 22.4 Å². The van der Waals surface area contributed by atoms with Crippen LogP contribution in [0.1, 0.15) is 35.8 Å². The maximum Gasteiger partial charge on any atom is 0.166 e. The van der Waals surface area contributed by atoms with Crippen molar-refractivity contribution in [3.63, 3.8) is 0 Å². The van der Waals surface area contributed by atoms with Gasteiger partial charge in [0.25, 0.3) is 0 Å². The van der Waals surface area contributed by atoms with Crippen molar-refractivity contribution in [2.24, 2.45) is 5.73 Å². The second-order valence-corrected chi connectivity index (χ2v) is 7.02. The van der Waals surface area contributed by atoms with Crippen molar-refractivity contribution in [1.82, 2.24) is 15.6 Å². The Morgan fingerprint density at radius 3 is 2.87 bits per heavy atom. The number of anilines is 1. The molecule has 1 aromatic heterocycles. The number of nitrogens with zero attached hydrogens (tertiary/aromatic N) is 2. The van der Waals surface area contributed by atoms with Gasteiger partial charge in [0.1, 0.15) is 18.0 Å². The first kappa shape index (κ1) is 21.8. The zero-order valence-corrected chi connectivity index (χ0v) is 17.2. The molecule has 1 aromatic carbocycles. The summed E-state index contributed by atoms with van der Waals surface area (Å²) in [5, 5.41) is 23.3. The number of nitrogen functional groups attached to an aromatic ring is 1. The zero-order valence-electron chi connectivity index (χ0n) is 17.2. The summed E-state index contributed by atoms with van der Waals surface area (Å²) in [4.78, 5) is 4.18. The van der Waals surface area contributed by atoms with Crippen LogP contribution in [0.25, 0.3) is 5.70 Å². The van der Waals surface area contributed by atoms with Crippen molar-refractivity contribution in [3.8, 4) is 11.8 Å². The number of nitrogens with two attached hydrogens (primary N) is 2. The quantitative estimate of drug-likeness (QED) is 0.370. The number of hydrogen-bond donors (Lipinski definition) is 5. The molecule has 0 radical (unpaired) electrons. The zero-order chi connectivity index (χ0) is 22.5. The van der Waals surface area contributed by atoms with E-state index in [2.05, 4.69) is 15.6 Å². The number of nitriles is 1. The smallest absolute Gasteiger partial charge is 0.166 e. The van der Waals surface area contributed by atoms with E-state index in [1.165, 1.54) is 18.3 Å². The van der Waals surface area contributed by atoms with Crippen molar-refractivity contribution in [2.75, 3.05) is 19.3 Å². The molecule has 2 heterocycles. The van der Waals surface area contributed by atoms with Crippen LogP contribution in [0.2, 0.25) is 0 Å². The number of hydrogen-bond acceptors (Lipinski definition) is 8. The predicted octanol–water partition coefficient (Wildman–Crippen LogP) is 2.53. The Bertz CT molecular complexity index is 1100. The number of benzene rings is 1. The molecule has 31 heavy (non-hydrogen) atoms. The first-order valence-corrected chi connectivity index (χ1v) is 9.62. The molecule has 0 amide bonds. The molecule has 1 aliphatic rings. The van der Waals surface area contributed by atoms with Gasteiger partial charge in [0.05, 0.1) is 17.3 Å². The molecule has 0 aliphatic carbocycles. The van der Waals surface area contributed by atoms with E-state index in [4.69, 9.17) is 21.6 Å². The van der Waals surface area contributed by atoms with Gasteiger partial charge < -0.3 is 32.2 Å². The Morgan fingerprint density at radius 1 is 1.42 bits per heavy atom. The monoisotopic (exact) mass is 421 g/mol. The van der Waals surface area contributed by atoms with Gasteiger partial charge in [-0.3, -0.25) is 0 Å². The van der Waals surface area contributed by atoms with Crippen LogP contribution in [0.4, 0.5) is 10.2 Å². The SMILES string of the molecule is CN/C=C1/CN/C(=C(/C#N)C=N)c2cnc(N)c(c2)O[C@H](C)c2cc(F)ccc2C1N. The van der Waals surface area contributed by atoms with E-state index in [0.717, 1.165) is 11.8 Å². The lowest BCUT2D eigenvalue weighted by Gasteiger charge is -2.26. The van der Waals surface area contributed by atoms with Gasteiger partial charge in [-0.2, -0.15) is 5.26 Å². The molecule has 1 unspecified atom stereocenters. The number of allylic oxidation sites excluding steroid dienone is 1. The van der Waals surface area contributed by atoms with Crippen molar-refractivity contribution in [2.45, 2.75) is 19.1 Å². The van der Waals surface area contributed by atoms with Crippen molar-refractivity contribution < 1.29 is 9.13 Å². The molecular formula is C22H24FN7O. The Labute approximate surface area is 179 Å². The summed E-state index contributed by atoms with van der Waals surface area (Å²) in [5.74, 6) is 0.0285. The number of ether oxygens (including phenoxy) is 1. The maximum atomic E-state index is 14.1. The van der Waals surface area contributed by atoms with Gasteiger partial charge in [0, 0.05) is 37.1 Å². The third-order valence-electron chi connectivity index (χ3n) is 5.03. The van der Waals surface area contributed by atoms with E-state index in [-0.39, 0.29) is 23.7 Å². The van der Waals surface area contributed by atoms with E-state index >= 15 is 0 Å². The van der Waals surface area contributed by atoms with Crippen LogP contribution in [0.3, 0.4) is 0 Å². The number of rotatable bonds is 2. The standard InChI is InChI=1S/C22H24FN7O/c1-12-18-6-16(23)3-4-17(18)20(26)15(9-28-2)11-29-21(14(7-24)8-25)13-5-19(31-12)22(27)30-10-13/h3-7,9-10,12,20,24,28-29H,11,26H2,1-2H3,(H2,27,30)/b15-9-,21-14+,24-7?/t12-,20?/m1/s1. The minimum atomic E-state index is -0.582. The van der Waals surface area contributed by atoms with Crippen LogP contribution in [0.15, 0.2) is 47.8 Å². The van der Waals surface area contributed by atoms with Gasteiger partial charge in [-0.25, -0.2) is 9.37 Å². The highest BCUT2D eigenvalue weighted by atomic mass is 19.1. The Morgan fingerprint density at radius 2 is 2.19 bits per heavy atom. The highest BCUT2D eigenvalue weighted by Crippen LogP contribution is 2.34. The van der Waals surface area contributed by atoms with Crippen LogP contribution >= 0.6 is 0 Å². The molecule has 3 rings (SSSR count). The van der Waals surface area contributed by atoms with Crippen LogP contribution in [0.5, 0.6) is 5.75 Å². The van der Waals surface area contributed by atoms with Gasteiger partial charge in [-0.15, -0.1) is 0 Å². The topological polar surface area (TPSA) is 146 Å². The van der Waals surface area contributed by atoms with Crippen molar-refractivity contribution >= 4 is 17.7 Å². The molecule has 160 valence electrons. The van der Waals surface area contributed by atoms with Crippen molar-refractivity contribution in [1.29, 1.82) is 10.7 Å². The second kappa shape index (κ2) is 9.28. The summed E-state index contributed by atoms with van der Waals surface area (Å²) < 4.78 is 20.1. The highest BCUT2D eigenvalue weighted by molar-refractivity contribution is 5.93. The molecule has 0 fully saturated rings. The highest BCUT2D eigenvalue weighted by Gasteiger charge is 2.23. The predicted molar refractivity (Wildman–Crippen MR) is 117 cm³/mol. The number of nitrogens with one attached hydrogen (secondary N) is 3. The fraction of sp³-hybridized carbons (Fsp3) is 0.227. The minimum absolute atomic E-state index is 0.113. The maximum absolute atomic E-state index is 14.1. The molecule has 2 aromatic rings. The molecule has 9 heteroatoms. The minimum Gasteiger partial charge on any atom is -0.482 e. The number of aromatic nitrogens is 1. The van der Waals surface area contributed by atoms with Crippen molar-refractivity contribution in [3.05, 3.63) is 70.3 Å². The lowest BCUT2D eigenvalue weighted by atomic mass is 9.92. The second-order valence-electron chi connectivity index (χ2n) is 7.02. The van der Waals surface area contributed by atoms with E-state index in [1.54, 1.807) is 32.3 Å². The summed E-state index contributed by atoms with van der Waals surface area (Å²) in [5.41, 5.74) is 15.6. The molecule has 0 saturated carbocycles. The molecule has 2 atom stereocenters. The average Bonchev–Trinajstić information content (AvgIpc) is 2.76. The van der Waals surface area contributed by atoms with Crippen LogP contribution in [0, 0.1) is 22.6 Å². The molecule has 0 spiro atoms. The Balaban J connectivity index is 2.25. The van der Waals surface area contributed by atoms with Gasteiger partial charge in [-0.05, 0) is 42.5 Å². The summed E-state index contributed by atoms with van der Waals surface area (Å²) in [6.45, 7) is 2.04. The lowest BCUT2D eigenvalue weighted by Crippen LogP contribution is -2.27. The van der Waals surface area contributed by atoms with E-state index < -0.39 is 18.0 Å². The fourth-order valence-corrected chi connectivity index (χ4v) is 3.46. The first-order valence-electron chi connectivity index (χ1n) is 9.62. The fourth-order valence-electron chi connectivity index (χ4n) is 3.46. The van der Waals surface area contributed by atoms with Gasteiger partial charge in [0.2, 0.25) is 0 Å². The third kappa shape index (κ3) is 4.49. The number of halogens is 1. The number of pyridine rings is 1. The third-order valence-corrected chi connectivity index (χ3v) is 5.03. The normalized spacial score (nSPS) is 21.3. The Hall–Kier alpha value is -3.90. The van der Waals surface area contributed by atoms with Crippen LogP contribution in [-0.4, -0.2) is 24.8 Å². The average molecular weight is 421 g/mol. The molecule has 1 aliphatic heterocycles. The summed E-state index contributed by atoms with van der Waals surface area (Å²) in [7, 11) is 1.75. The van der Waals surface area contributed by atoms with E-state index in [1.807, 2.05) is 6.07 Å². The van der Waals surface area contributed by atoms with Gasteiger partial charge >= 0.3 is 0 Å². The van der Waals surface area contributed by atoms with Crippen LogP contribution in [-0.2, 0) is 0 Å². The van der Waals surface area contributed by atoms with E-state index in [9.17, 15) is 9.65 Å². The lowest BCUT2D eigenvalue weighted by molar-refractivity contribution is 0.225. The Kier molecular flexibility index (Phi) is 6.52. The molecule has 2 bridgehead atoms. The molecule has 0 saturated heterocycles. The summed E-state index contributed by atoms with van der Waals surface area (Å²) in [6.07, 6.45) is 3.64.